The SMILES string of the molecule is C=CC1CCC(CC(F)COc2ccc(OC(F)(F)C3CCC(C#CC4CCC(C)CC4)CC3)c(F)c2F)CC1. The third-order valence-corrected chi connectivity index (χ3v) is 9.20. The second kappa shape index (κ2) is 14.1. The van der Waals surface area contributed by atoms with E-state index in [4.69, 9.17) is 9.47 Å². The van der Waals surface area contributed by atoms with Crippen LogP contribution in [0.3, 0.4) is 0 Å². The minimum absolute atomic E-state index is 0.0820. The van der Waals surface area contributed by atoms with Crippen LogP contribution in [-0.4, -0.2) is 18.9 Å². The molecule has 1 aromatic carbocycles. The van der Waals surface area contributed by atoms with Gasteiger partial charge >= 0.3 is 6.11 Å². The van der Waals surface area contributed by atoms with Gasteiger partial charge in [-0.15, -0.1) is 6.58 Å². The maximum atomic E-state index is 14.9. The van der Waals surface area contributed by atoms with Gasteiger partial charge in [0.15, 0.2) is 11.5 Å². The number of hydrogen-bond donors (Lipinski definition) is 0. The molecular formula is C33H43F5O2. The predicted octanol–water partition coefficient (Wildman–Crippen LogP) is 9.67. The third-order valence-electron chi connectivity index (χ3n) is 9.20. The summed E-state index contributed by atoms with van der Waals surface area (Å²) in [7, 11) is 0. The Morgan fingerprint density at radius 1 is 0.875 bits per heavy atom. The van der Waals surface area contributed by atoms with Crippen molar-refractivity contribution in [2.75, 3.05) is 6.61 Å². The van der Waals surface area contributed by atoms with Crippen molar-refractivity contribution in [2.45, 2.75) is 103 Å². The van der Waals surface area contributed by atoms with Crippen LogP contribution in [0.4, 0.5) is 22.0 Å². The van der Waals surface area contributed by atoms with Gasteiger partial charge in [0.2, 0.25) is 11.6 Å². The topological polar surface area (TPSA) is 18.5 Å². The van der Waals surface area contributed by atoms with Gasteiger partial charge in [0, 0.05) is 11.8 Å². The lowest BCUT2D eigenvalue weighted by atomic mass is 9.80. The van der Waals surface area contributed by atoms with Crippen molar-refractivity contribution in [3.8, 4) is 23.3 Å². The molecule has 3 aliphatic rings. The van der Waals surface area contributed by atoms with Crippen LogP contribution in [-0.2, 0) is 0 Å². The van der Waals surface area contributed by atoms with E-state index in [0.29, 0.717) is 24.7 Å². The lowest BCUT2D eigenvalue weighted by Gasteiger charge is -2.32. The molecule has 0 saturated heterocycles. The number of rotatable bonds is 9. The van der Waals surface area contributed by atoms with Crippen LogP contribution in [0.1, 0.15) is 90.4 Å². The van der Waals surface area contributed by atoms with Gasteiger partial charge in [0.1, 0.15) is 12.8 Å². The van der Waals surface area contributed by atoms with E-state index < -0.39 is 47.9 Å². The van der Waals surface area contributed by atoms with Crippen LogP contribution in [0.2, 0.25) is 0 Å². The molecule has 1 aromatic rings. The average molecular weight is 567 g/mol. The predicted molar refractivity (Wildman–Crippen MR) is 147 cm³/mol. The molecule has 40 heavy (non-hydrogen) atoms. The Morgan fingerprint density at radius 2 is 1.43 bits per heavy atom. The molecule has 0 amide bonds. The van der Waals surface area contributed by atoms with Crippen molar-refractivity contribution in [2.24, 2.45) is 35.5 Å². The average Bonchev–Trinajstić information content (AvgIpc) is 2.95. The molecule has 3 fully saturated rings. The Balaban J connectivity index is 1.24. The van der Waals surface area contributed by atoms with E-state index in [1.165, 1.54) is 12.8 Å². The fourth-order valence-electron chi connectivity index (χ4n) is 6.42. The Kier molecular flexibility index (Phi) is 10.8. The van der Waals surface area contributed by atoms with Crippen molar-refractivity contribution in [1.82, 2.24) is 0 Å². The Bertz CT molecular complexity index is 1020. The van der Waals surface area contributed by atoms with Crippen molar-refractivity contribution in [3.05, 3.63) is 36.4 Å². The highest BCUT2D eigenvalue weighted by Gasteiger charge is 2.44. The van der Waals surface area contributed by atoms with Crippen LogP contribution < -0.4 is 9.47 Å². The molecule has 0 spiro atoms. The molecule has 3 saturated carbocycles. The van der Waals surface area contributed by atoms with Gasteiger partial charge in [-0.3, -0.25) is 0 Å². The molecule has 3 aliphatic carbocycles. The van der Waals surface area contributed by atoms with E-state index in [9.17, 15) is 22.0 Å². The number of alkyl halides is 3. The third kappa shape index (κ3) is 8.40. The summed E-state index contributed by atoms with van der Waals surface area (Å²) in [5.74, 6) is 3.10. The fourth-order valence-corrected chi connectivity index (χ4v) is 6.42. The number of halogens is 5. The Labute approximate surface area is 236 Å². The first-order valence-corrected chi connectivity index (χ1v) is 15.1. The summed E-state index contributed by atoms with van der Waals surface area (Å²) in [5, 5.41) is 0. The highest BCUT2D eigenvalue weighted by Crippen LogP contribution is 2.41. The molecule has 1 unspecified atom stereocenters. The van der Waals surface area contributed by atoms with Gasteiger partial charge in [-0.25, -0.2) is 4.39 Å². The fraction of sp³-hybridized carbons (Fsp3) is 0.697. The second-order valence-corrected chi connectivity index (χ2v) is 12.3. The lowest BCUT2D eigenvalue weighted by molar-refractivity contribution is -0.224. The van der Waals surface area contributed by atoms with Gasteiger partial charge in [0.05, 0.1) is 5.92 Å². The maximum absolute atomic E-state index is 14.9. The number of hydrogen-bond acceptors (Lipinski definition) is 2. The second-order valence-electron chi connectivity index (χ2n) is 12.3. The van der Waals surface area contributed by atoms with E-state index in [2.05, 4.69) is 25.3 Å². The first-order valence-electron chi connectivity index (χ1n) is 15.1. The largest absolute Gasteiger partial charge is 0.487 e. The Hall–Kier alpha value is -2.23. The van der Waals surface area contributed by atoms with E-state index in [1.54, 1.807) is 0 Å². The first-order chi connectivity index (χ1) is 19.1. The highest BCUT2D eigenvalue weighted by atomic mass is 19.3. The molecule has 0 heterocycles. The van der Waals surface area contributed by atoms with Gasteiger partial charge in [-0.05, 0) is 113 Å². The van der Waals surface area contributed by atoms with Crippen LogP contribution in [0.15, 0.2) is 24.8 Å². The number of benzene rings is 1. The van der Waals surface area contributed by atoms with Gasteiger partial charge in [0.25, 0.3) is 0 Å². The molecule has 0 bridgehead atoms. The molecule has 0 N–H and O–H groups in total. The van der Waals surface area contributed by atoms with E-state index in [0.717, 1.165) is 56.6 Å². The molecule has 0 radical (unpaired) electrons. The minimum Gasteiger partial charge on any atom is -0.487 e. The van der Waals surface area contributed by atoms with Gasteiger partial charge < -0.3 is 9.47 Å². The summed E-state index contributed by atoms with van der Waals surface area (Å²) in [6.07, 6.45) is 7.03. The minimum atomic E-state index is -3.65. The quantitative estimate of drug-likeness (QED) is 0.168. The molecule has 4 rings (SSSR count). The van der Waals surface area contributed by atoms with Crippen LogP contribution in [0, 0.1) is 59.0 Å². The van der Waals surface area contributed by atoms with Crippen molar-refractivity contribution in [1.29, 1.82) is 0 Å². The zero-order chi connectivity index (χ0) is 28.7. The lowest BCUT2D eigenvalue weighted by Crippen LogP contribution is -2.37. The van der Waals surface area contributed by atoms with Crippen molar-refractivity contribution >= 4 is 0 Å². The summed E-state index contributed by atoms with van der Waals surface area (Å²) < 4.78 is 83.5. The smallest absolute Gasteiger partial charge is 0.400 e. The number of ether oxygens (including phenoxy) is 2. The number of allylic oxidation sites excluding steroid dienone is 1. The summed E-state index contributed by atoms with van der Waals surface area (Å²) in [6.45, 7) is 5.63. The van der Waals surface area contributed by atoms with Crippen LogP contribution in [0.25, 0.3) is 0 Å². The molecule has 0 aromatic heterocycles. The van der Waals surface area contributed by atoms with Crippen LogP contribution >= 0.6 is 0 Å². The summed E-state index contributed by atoms with van der Waals surface area (Å²) in [6, 6.07) is 1.94. The summed E-state index contributed by atoms with van der Waals surface area (Å²) >= 11 is 0. The molecule has 7 heteroatoms. The van der Waals surface area contributed by atoms with E-state index in [-0.39, 0.29) is 31.1 Å². The highest BCUT2D eigenvalue weighted by molar-refractivity contribution is 5.35. The van der Waals surface area contributed by atoms with Gasteiger partial charge in [-0.2, -0.15) is 17.6 Å². The molecule has 222 valence electrons. The molecule has 1 atom stereocenters. The standard InChI is InChI=1S/C33H43F5O2/c1-3-23-8-12-26(13-9-23)20-28(34)21-39-29-18-19-30(32(36)31(29)35)40-33(37,38)27-16-14-25(15-17-27)11-10-24-6-4-22(2)5-7-24/h3,18-19,22-28H,1,4-9,12-17,20-21H2,2H3. The van der Waals surface area contributed by atoms with Gasteiger partial charge in [-0.1, -0.05) is 24.8 Å². The zero-order valence-corrected chi connectivity index (χ0v) is 23.6. The van der Waals surface area contributed by atoms with Crippen molar-refractivity contribution in [3.63, 3.8) is 0 Å². The molecule has 2 nitrogen and oxygen atoms in total. The zero-order valence-electron chi connectivity index (χ0n) is 23.6. The van der Waals surface area contributed by atoms with E-state index >= 15 is 0 Å². The van der Waals surface area contributed by atoms with Crippen LogP contribution in [0.5, 0.6) is 11.5 Å². The Morgan fingerprint density at radius 3 is 2.02 bits per heavy atom. The summed E-state index contributed by atoms with van der Waals surface area (Å²) in [4.78, 5) is 0. The maximum Gasteiger partial charge on any atom is 0.400 e. The van der Waals surface area contributed by atoms with E-state index in [1.807, 2.05) is 6.08 Å². The monoisotopic (exact) mass is 566 g/mol. The summed E-state index contributed by atoms with van der Waals surface area (Å²) in [5.41, 5.74) is 0. The molecule has 0 aliphatic heterocycles. The molecular weight excluding hydrogens is 523 g/mol. The normalized spacial score (nSPS) is 30.1. The first kappa shape index (κ1) is 30.7. The van der Waals surface area contributed by atoms with Crippen molar-refractivity contribution < 1.29 is 31.4 Å².